The quantitative estimate of drug-likeness (QED) is 0.485. The Kier molecular flexibility index (Phi) is 5.87. The second kappa shape index (κ2) is 9.26. The van der Waals surface area contributed by atoms with Crippen molar-refractivity contribution in [1.29, 1.82) is 0 Å². The van der Waals surface area contributed by atoms with E-state index >= 15 is 0 Å². The zero-order chi connectivity index (χ0) is 22.6. The number of amides is 1. The molecule has 1 saturated heterocycles. The Hall–Kier alpha value is -3.97. The number of ether oxygens (including phenoxy) is 2. The number of anilines is 1. The predicted octanol–water partition coefficient (Wildman–Crippen LogP) is 4.20. The van der Waals surface area contributed by atoms with Crippen LogP contribution in [0.4, 0.5) is 5.69 Å². The van der Waals surface area contributed by atoms with E-state index in [2.05, 4.69) is 10.4 Å². The third kappa shape index (κ3) is 4.49. The molecule has 1 unspecified atom stereocenters. The Morgan fingerprint density at radius 3 is 2.61 bits per heavy atom. The molecule has 7 heteroatoms. The molecule has 1 fully saturated rings. The fourth-order valence-corrected chi connectivity index (χ4v) is 3.92. The van der Waals surface area contributed by atoms with Gasteiger partial charge in [-0.1, -0.05) is 42.5 Å². The highest BCUT2D eigenvalue weighted by Gasteiger charge is 2.19. The van der Waals surface area contributed by atoms with Gasteiger partial charge >= 0.3 is 0 Å². The maximum absolute atomic E-state index is 13.3. The van der Waals surface area contributed by atoms with Crippen molar-refractivity contribution in [3.05, 3.63) is 94.9 Å². The molecule has 166 valence electrons. The summed E-state index contributed by atoms with van der Waals surface area (Å²) in [7, 11) is 0. The molecule has 0 bridgehead atoms. The van der Waals surface area contributed by atoms with Crippen LogP contribution in [0.25, 0.3) is 16.5 Å². The Balaban J connectivity index is 1.44. The molecule has 0 aliphatic carbocycles. The lowest BCUT2D eigenvalue weighted by molar-refractivity contribution is 0.0680. The van der Waals surface area contributed by atoms with Gasteiger partial charge in [-0.15, -0.1) is 0 Å². The van der Waals surface area contributed by atoms with Crippen LogP contribution in [0.3, 0.4) is 0 Å². The van der Waals surface area contributed by atoms with Gasteiger partial charge in [0.05, 0.1) is 17.2 Å². The van der Waals surface area contributed by atoms with Gasteiger partial charge in [0.25, 0.3) is 11.5 Å². The summed E-state index contributed by atoms with van der Waals surface area (Å²) in [5.41, 5.74) is 1.05. The van der Waals surface area contributed by atoms with Gasteiger partial charge in [0.2, 0.25) is 0 Å². The van der Waals surface area contributed by atoms with Gasteiger partial charge in [-0.3, -0.25) is 9.59 Å². The number of hydrogen-bond acceptors (Lipinski definition) is 5. The average molecular weight is 441 g/mol. The van der Waals surface area contributed by atoms with E-state index in [1.807, 2.05) is 30.3 Å². The standard InChI is InChI=1S/C26H23N3O4/c30-25(27-18-8-6-11-20(16-18)33-17-21-12-7-15-32-21)24-22-13-4-5-14-23(22)26(31)29(28-24)19-9-2-1-3-10-19/h1-6,8-11,13-14,16,21H,7,12,15,17H2,(H,27,30). The van der Waals surface area contributed by atoms with Crippen molar-refractivity contribution in [1.82, 2.24) is 9.78 Å². The number of aromatic nitrogens is 2. The minimum absolute atomic E-state index is 0.109. The summed E-state index contributed by atoms with van der Waals surface area (Å²) in [6.07, 6.45) is 2.15. The number of carbonyl (C=O) groups excluding carboxylic acids is 1. The van der Waals surface area contributed by atoms with Gasteiger partial charge in [0.1, 0.15) is 12.4 Å². The van der Waals surface area contributed by atoms with Gasteiger partial charge in [0, 0.05) is 23.7 Å². The van der Waals surface area contributed by atoms with Gasteiger partial charge < -0.3 is 14.8 Å². The molecule has 1 aliphatic heterocycles. The first-order chi connectivity index (χ1) is 16.2. The third-order valence-electron chi connectivity index (χ3n) is 5.57. The highest BCUT2D eigenvalue weighted by molar-refractivity contribution is 6.11. The lowest BCUT2D eigenvalue weighted by Crippen LogP contribution is -2.26. The summed E-state index contributed by atoms with van der Waals surface area (Å²) in [6.45, 7) is 1.25. The largest absolute Gasteiger partial charge is 0.491 e. The van der Waals surface area contributed by atoms with Crippen LogP contribution >= 0.6 is 0 Å². The molecule has 33 heavy (non-hydrogen) atoms. The molecule has 1 amide bonds. The fourth-order valence-electron chi connectivity index (χ4n) is 3.92. The van der Waals surface area contributed by atoms with E-state index < -0.39 is 5.91 Å². The number of nitrogens with one attached hydrogen (secondary N) is 1. The van der Waals surface area contributed by atoms with Crippen molar-refractivity contribution in [2.75, 3.05) is 18.5 Å². The van der Waals surface area contributed by atoms with E-state index in [-0.39, 0.29) is 17.4 Å². The van der Waals surface area contributed by atoms with Crippen molar-refractivity contribution in [2.24, 2.45) is 0 Å². The van der Waals surface area contributed by atoms with Gasteiger partial charge in [-0.2, -0.15) is 9.78 Å². The Bertz CT molecular complexity index is 1340. The highest BCUT2D eigenvalue weighted by Crippen LogP contribution is 2.21. The minimum atomic E-state index is -0.410. The summed E-state index contributed by atoms with van der Waals surface area (Å²) in [5, 5.41) is 8.24. The molecule has 1 aliphatic rings. The molecule has 1 atom stereocenters. The third-order valence-corrected chi connectivity index (χ3v) is 5.57. The van der Waals surface area contributed by atoms with Crippen molar-refractivity contribution >= 4 is 22.4 Å². The number of carbonyl (C=O) groups is 1. The Morgan fingerprint density at radius 1 is 1.03 bits per heavy atom. The fraction of sp³-hybridized carbons (Fsp3) is 0.192. The Labute approximate surface area is 190 Å². The summed E-state index contributed by atoms with van der Waals surface area (Å²) < 4.78 is 12.7. The van der Waals surface area contributed by atoms with E-state index in [1.165, 1.54) is 4.68 Å². The molecule has 5 rings (SSSR count). The van der Waals surface area contributed by atoms with Crippen LogP contribution in [0, 0.1) is 0 Å². The summed E-state index contributed by atoms with van der Waals surface area (Å²) in [5.74, 6) is 0.238. The number of hydrogen-bond donors (Lipinski definition) is 1. The van der Waals surface area contributed by atoms with Crippen LogP contribution in [0.2, 0.25) is 0 Å². The summed E-state index contributed by atoms with van der Waals surface area (Å²) >= 11 is 0. The molecule has 0 saturated carbocycles. The van der Waals surface area contributed by atoms with Crippen molar-refractivity contribution in [3.8, 4) is 11.4 Å². The second-order valence-electron chi connectivity index (χ2n) is 7.87. The molecule has 0 spiro atoms. The van der Waals surface area contributed by atoms with Crippen LogP contribution < -0.4 is 15.6 Å². The molecule has 3 aromatic carbocycles. The lowest BCUT2D eigenvalue weighted by atomic mass is 10.1. The molecular formula is C26H23N3O4. The van der Waals surface area contributed by atoms with Crippen LogP contribution in [-0.2, 0) is 4.74 Å². The molecule has 4 aromatic rings. The Morgan fingerprint density at radius 2 is 1.82 bits per heavy atom. The molecule has 1 N–H and O–H groups in total. The van der Waals surface area contributed by atoms with E-state index in [0.717, 1.165) is 19.4 Å². The maximum Gasteiger partial charge on any atom is 0.279 e. The highest BCUT2D eigenvalue weighted by atomic mass is 16.5. The average Bonchev–Trinajstić information content (AvgIpc) is 3.38. The number of benzene rings is 3. The summed E-state index contributed by atoms with van der Waals surface area (Å²) in [6, 6.07) is 23.3. The second-order valence-corrected chi connectivity index (χ2v) is 7.87. The monoisotopic (exact) mass is 441 g/mol. The normalized spacial score (nSPS) is 15.5. The van der Waals surface area contributed by atoms with Gasteiger partial charge in [-0.25, -0.2) is 0 Å². The molecule has 0 radical (unpaired) electrons. The van der Waals surface area contributed by atoms with Crippen molar-refractivity contribution < 1.29 is 14.3 Å². The van der Waals surface area contributed by atoms with Crippen LogP contribution in [0.5, 0.6) is 5.75 Å². The first-order valence-corrected chi connectivity index (χ1v) is 10.9. The number of fused-ring (bicyclic) bond motifs is 1. The van der Waals surface area contributed by atoms with Crippen molar-refractivity contribution in [3.63, 3.8) is 0 Å². The molecule has 7 nitrogen and oxygen atoms in total. The maximum atomic E-state index is 13.3. The zero-order valence-corrected chi connectivity index (χ0v) is 17.9. The summed E-state index contributed by atoms with van der Waals surface area (Å²) in [4.78, 5) is 26.3. The van der Waals surface area contributed by atoms with Crippen LogP contribution in [-0.4, -0.2) is 35.0 Å². The number of nitrogens with zero attached hydrogens (tertiary/aromatic N) is 2. The van der Waals surface area contributed by atoms with E-state index in [4.69, 9.17) is 9.47 Å². The first-order valence-electron chi connectivity index (χ1n) is 10.9. The SMILES string of the molecule is O=C(Nc1cccc(OCC2CCCO2)c1)c1nn(-c2ccccc2)c(=O)c2ccccc12. The van der Waals surface area contributed by atoms with E-state index in [1.54, 1.807) is 48.5 Å². The zero-order valence-electron chi connectivity index (χ0n) is 17.9. The lowest BCUT2D eigenvalue weighted by Gasteiger charge is -2.13. The van der Waals surface area contributed by atoms with E-state index in [9.17, 15) is 9.59 Å². The van der Waals surface area contributed by atoms with Crippen LogP contribution in [0.15, 0.2) is 83.7 Å². The minimum Gasteiger partial charge on any atom is -0.491 e. The number of rotatable bonds is 6. The predicted molar refractivity (Wildman–Crippen MR) is 126 cm³/mol. The van der Waals surface area contributed by atoms with Gasteiger partial charge in [0.15, 0.2) is 5.69 Å². The molecular weight excluding hydrogens is 418 g/mol. The number of para-hydroxylation sites is 1. The molecule has 1 aromatic heterocycles. The van der Waals surface area contributed by atoms with Crippen molar-refractivity contribution in [2.45, 2.75) is 18.9 Å². The smallest absolute Gasteiger partial charge is 0.279 e. The molecule has 2 heterocycles. The van der Waals surface area contributed by atoms with Gasteiger partial charge in [-0.05, 0) is 43.2 Å². The topological polar surface area (TPSA) is 82.4 Å². The van der Waals surface area contributed by atoms with Crippen LogP contribution in [0.1, 0.15) is 23.3 Å². The first kappa shape index (κ1) is 20.9. The van der Waals surface area contributed by atoms with E-state index in [0.29, 0.717) is 34.5 Å².